The highest BCUT2D eigenvalue weighted by Crippen LogP contribution is 2.21. The van der Waals surface area contributed by atoms with Crippen molar-refractivity contribution in [1.82, 2.24) is 10.9 Å². The van der Waals surface area contributed by atoms with Gasteiger partial charge in [-0.15, -0.1) is 0 Å². The summed E-state index contributed by atoms with van der Waals surface area (Å²) >= 11 is 0. The molecule has 0 aliphatic carbocycles. The van der Waals surface area contributed by atoms with E-state index in [1.165, 1.54) is 25.7 Å². The van der Waals surface area contributed by atoms with Gasteiger partial charge in [0.2, 0.25) is 0 Å². The van der Waals surface area contributed by atoms with E-state index in [0.717, 1.165) is 48.7 Å². The lowest BCUT2D eigenvalue weighted by Gasteiger charge is -2.17. The first-order valence-corrected chi connectivity index (χ1v) is 13.1. The van der Waals surface area contributed by atoms with Gasteiger partial charge in [-0.3, -0.25) is 9.59 Å². The van der Waals surface area contributed by atoms with Crippen molar-refractivity contribution in [2.45, 2.75) is 25.7 Å². The molecule has 0 unspecified atom stereocenters. The molecule has 194 valence electrons. The molecule has 2 amide bonds. The topological polar surface area (TPSA) is 89.4 Å². The van der Waals surface area contributed by atoms with Gasteiger partial charge in [0.15, 0.2) is 0 Å². The van der Waals surface area contributed by atoms with Crippen molar-refractivity contribution in [3.63, 3.8) is 0 Å². The third kappa shape index (κ3) is 6.45. The molecule has 8 nitrogen and oxygen atoms in total. The number of hydrogen-bond acceptors (Lipinski definition) is 6. The zero-order chi connectivity index (χ0) is 26.2. The highest BCUT2D eigenvalue weighted by molar-refractivity contribution is 5.96. The number of benzene rings is 3. The Hall–Kier alpha value is -4.46. The summed E-state index contributed by atoms with van der Waals surface area (Å²) in [4.78, 5) is 29.5. The number of hydrazone groups is 2. The normalized spacial score (nSPS) is 15.5. The van der Waals surface area contributed by atoms with E-state index < -0.39 is 0 Å². The minimum absolute atomic E-state index is 0.261. The van der Waals surface area contributed by atoms with Crippen molar-refractivity contribution in [3.05, 3.63) is 95.1 Å². The predicted molar refractivity (Wildman–Crippen MR) is 152 cm³/mol. The molecule has 2 heterocycles. The number of amides is 2. The summed E-state index contributed by atoms with van der Waals surface area (Å²) in [6.45, 7) is 4.27. The summed E-state index contributed by atoms with van der Waals surface area (Å²) < 4.78 is 0. The summed E-state index contributed by atoms with van der Waals surface area (Å²) in [5, 5.41) is 8.18. The maximum Gasteiger partial charge on any atom is 0.271 e. The Labute approximate surface area is 223 Å². The van der Waals surface area contributed by atoms with Crippen molar-refractivity contribution < 1.29 is 9.59 Å². The molecule has 3 aromatic rings. The summed E-state index contributed by atoms with van der Waals surface area (Å²) in [7, 11) is 0. The van der Waals surface area contributed by atoms with E-state index in [1.54, 1.807) is 12.4 Å². The Balaban J connectivity index is 1.11. The van der Waals surface area contributed by atoms with Crippen molar-refractivity contribution in [1.29, 1.82) is 0 Å². The Morgan fingerprint density at radius 3 is 1.39 bits per heavy atom. The van der Waals surface area contributed by atoms with Crippen molar-refractivity contribution in [2.24, 2.45) is 10.2 Å². The fourth-order valence-electron chi connectivity index (χ4n) is 4.78. The van der Waals surface area contributed by atoms with Gasteiger partial charge in [-0.1, -0.05) is 18.2 Å². The highest BCUT2D eigenvalue weighted by atomic mass is 16.2. The van der Waals surface area contributed by atoms with Gasteiger partial charge in [-0.25, -0.2) is 10.9 Å². The van der Waals surface area contributed by atoms with Crippen LogP contribution in [0.4, 0.5) is 11.4 Å². The van der Waals surface area contributed by atoms with Crippen LogP contribution in [0.5, 0.6) is 0 Å². The molecule has 0 bridgehead atoms. The molecular formula is C30H32N6O2. The van der Waals surface area contributed by atoms with Crippen LogP contribution in [-0.4, -0.2) is 50.4 Å². The lowest BCUT2D eigenvalue weighted by atomic mass is 10.1. The van der Waals surface area contributed by atoms with Gasteiger partial charge in [0.25, 0.3) is 11.8 Å². The van der Waals surface area contributed by atoms with Crippen molar-refractivity contribution >= 4 is 35.6 Å². The highest BCUT2D eigenvalue weighted by Gasteiger charge is 2.14. The third-order valence-corrected chi connectivity index (χ3v) is 6.87. The van der Waals surface area contributed by atoms with Crippen molar-refractivity contribution in [2.75, 3.05) is 36.0 Å². The van der Waals surface area contributed by atoms with Gasteiger partial charge >= 0.3 is 0 Å². The minimum atomic E-state index is -0.261. The van der Waals surface area contributed by atoms with E-state index in [1.807, 2.05) is 72.8 Å². The van der Waals surface area contributed by atoms with Crippen LogP contribution in [0.3, 0.4) is 0 Å². The van der Waals surface area contributed by atoms with Gasteiger partial charge in [-0.05, 0) is 91.4 Å². The molecule has 2 aliphatic rings. The molecule has 38 heavy (non-hydrogen) atoms. The monoisotopic (exact) mass is 508 g/mol. The molecule has 5 rings (SSSR count). The summed E-state index contributed by atoms with van der Waals surface area (Å²) in [6, 6.07) is 22.7. The molecule has 0 spiro atoms. The van der Waals surface area contributed by atoms with Gasteiger partial charge in [0.05, 0.1) is 12.4 Å². The summed E-state index contributed by atoms with van der Waals surface area (Å²) in [6.07, 6.45) is 8.01. The number of anilines is 2. The van der Waals surface area contributed by atoms with E-state index in [0.29, 0.717) is 11.1 Å². The molecule has 2 saturated heterocycles. The fourth-order valence-corrected chi connectivity index (χ4v) is 4.78. The second-order valence-electron chi connectivity index (χ2n) is 9.55. The number of nitrogens with one attached hydrogen (secondary N) is 2. The van der Waals surface area contributed by atoms with E-state index in [9.17, 15) is 9.59 Å². The quantitative estimate of drug-likeness (QED) is 0.348. The van der Waals surface area contributed by atoms with Crippen LogP contribution in [0.2, 0.25) is 0 Å². The largest absolute Gasteiger partial charge is 0.372 e. The Bertz CT molecular complexity index is 1210. The summed E-state index contributed by atoms with van der Waals surface area (Å²) in [5.74, 6) is -0.522. The molecular weight excluding hydrogens is 476 g/mol. The van der Waals surface area contributed by atoms with Crippen molar-refractivity contribution in [3.8, 4) is 0 Å². The molecule has 2 aliphatic heterocycles. The lowest BCUT2D eigenvalue weighted by molar-refractivity contribution is 0.0947. The average molecular weight is 509 g/mol. The van der Waals surface area contributed by atoms with Crippen LogP contribution in [0, 0.1) is 0 Å². The first-order valence-electron chi connectivity index (χ1n) is 13.1. The average Bonchev–Trinajstić information content (AvgIpc) is 3.69. The van der Waals surface area contributed by atoms with Gasteiger partial charge < -0.3 is 9.80 Å². The van der Waals surface area contributed by atoms with Gasteiger partial charge in [0.1, 0.15) is 0 Å². The molecule has 0 atom stereocenters. The zero-order valence-corrected chi connectivity index (χ0v) is 21.3. The smallest absolute Gasteiger partial charge is 0.271 e. The van der Waals surface area contributed by atoms with Crippen LogP contribution in [0.25, 0.3) is 0 Å². The van der Waals surface area contributed by atoms with E-state index in [4.69, 9.17) is 0 Å². The van der Waals surface area contributed by atoms with E-state index in [-0.39, 0.29) is 11.8 Å². The maximum absolute atomic E-state index is 12.4. The lowest BCUT2D eigenvalue weighted by Crippen LogP contribution is -2.19. The van der Waals surface area contributed by atoms with E-state index in [2.05, 4.69) is 30.9 Å². The number of rotatable bonds is 8. The number of carbonyl (C=O) groups excluding carboxylic acids is 2. The standard InChI is InChI=1S/C30H32N6O2/c37-29(25-8-12-27(13-9-25)35-16-1-2-17-35)33-31-21-23-6-5-7-24(20-23)22-32-34-30(38)26-10-14-28(15-11-26)36-18-3-4-19-36/h5-15,20-22H,1-4,16-19H2,(H,33,37)(H,34,38). The number of carbonyl (C=O) groups is 2. The Kier molecular flexibility index (Phi) is 8.08. The molecule has 2 N–H and O–H groups in total. The van der Waals surface area contributed by atoms with Crippen LogP contribution < -0.4 is 20.7 Å². The third-order valence-electron chi connectivity index (χ3n) is 6.87. The second-order valence-corrected chi connectivity index (χ2v) is 9.55. The number of nitrogens with zero attached hydrogens (tertiary/aromatic N) is 4. The van der Waals surface area contributed by atoms with E-state index >= 15 is 0 Å². The van der Waals surface area contributed by atoms with Crippen LogP contribution >= 0.6 is 0 Å². The minimum Gasteiger partial charge on any atom is -0.372 e. The summed E-state index contributed by atoms with van der Waals surface area (Å²) in [5.41, 5.74) is 10.2. The Morgan fingerprint density at radius 2 is 1.00 bits per heavy atom. The predicted octanol–water partition coefficient (Wildman–Crippen LogP) is 4.41. The fraction of sp³-hybridized carbons (Fsp3) is 0.267. The molecule has 0 aromatic heterocycles. The van der Waals surface area contributed by atoms with Crippen LogP contribution in [0.15, 0.2) is 83.0 Å². The second kappa shape index (κ2) is 12.2. The SMILES string of the molecule is O=C(NN=Cc1cccc(C=NNC(=O)c2ccc(N3CCCC3)cc2)c1)c1ccc(N2CCCC2)cc1. The molecule has 0 radical (unpaired) electrons. The first-order chi connectivity index (χ1) is 18.7. The van der Waals surface area contributed by atoms with Gasteiger partial charge in [0, 0.05) is 48.7 Å². The Morgan fingerprint density at radius 1 is 0.605 bits per heavy atom. The van der Waals surface area contributed by atoms with Gasteiger partial charge in [-0.2, -0.15) is 10.2 Å². The molecule has 8 heteroatoms. The zero-order valence-electron chi connectivity index (χ0n) is 21.3. The molecule has 3 aromatic carbocycles. The van der Waals surface area contributed by atoms with Crippen LogP contribution in [-0.2, 0) is 0 Å². The molecule has 2 fully saturated rings. The molecule has 0 saturated carbocycles. The number of hydrogen-bond donors (Lipinski definition) is 2. The van der Waals surface area contributed by atoms with Crippen LogP contribution in [0.1, 0.15) is 57.5 Å². The first kappa shape index (κ1) is 25.2. The maximum atomic E-state index is 12.4.